The summed E-state index contributed by atoms with van der Waals surface area (Å²) in [6.07, 6.45) is 3.97. The van der Waals surface area contributed by atoms with E-state index in [4.69, 9.17) is 4.74 Å². The van der Waals surface area contributed by atoms with E-state index in [1.165, 1.54) is 0 Å². The van der Waals surface area contributed by atoms with Gasteiger partial charge in [0.25, 0.3) is 0 Å². The molecule has 0 amide bonds. The first-order valence-corrected chi connectivity index (χ1v) is 11.1. The number of rotatable bonds is 6. The lowest BCUT2D eigenvalue weighted by atomic mass is 10.00. The first-order valence-electron chi connectivity index (χ1n) is 9.48. The molecule has 2 aromatic carbocycles. The third-order valence-corrected chi connectivity index (χ3v) is 5.94. The molecule has 8 heteroatoms. The molecule has 4 aromatic rings. The fourth-order valence-corrected chi connectivity index (χ4v) is 4.24. The number of methoxy groups -OCH3 is 1. The number of benzene rings is 2. The van der Waals surface area contributed by atoms with Crippen molar-refractivity contribution in [2.45, 2.75) is 6.42 Å². The van der Waals surface area contributed by atoms with Gasteiger partial charge in [0, 0.05) is 39.9 Å². The molecule has 6 nitrogen and oxygen atoms in total. The van der Waals surface area contributed by atoms with Gasteiger partial charge in [0.1, 0.15) is 17.1 Å². The van der Waals surface area contributed by atoms with Crippen LogP contribution in [-0.2, 0) is 6.42 Å². The number of para-hydroxylation sites is 1. The molecule has 0 aliphatic carbocycles. The number of phenols is 1. The van der Waals surface area contributed by atoms with E-state index < -0.39 is 0 Å². The smallest absolute Gasteiger partial charge is 0.199 e. The standard InChI is InChI=1S/C23H19Br2N3O3/c1-31-20-5-3-2-4-15(20)16-8-13(9-19(25)21(16)29)6-7-26-12-18-17-10-14(24)11-27-22(17)28-23(18)30/h2-5,8-12,29-30H,6-7H2,1H3,(H,27,28). The number of aromatic nitrogens is 2. The van der Waals surface area contributed by atoms with Crippen molar-refractivity contribution in [2.75, 3.05) is 13.7 Å². The maximum absolute atomic E-state index is 10.6. The van der Waals surface area contributed by atoms with Gasteiger partial charge in [-0.05, 0) is 68.1 Å². The molecule has 31 heavy (non-hydrogen) atoms. The highest BCUT2D eigenvalue weighted by atomic mass is 79.9. The normalized spacial score (nSPS) is 11.5. The molecule has 3 N–H and O–H groups in total. The summed E-state index contributed by atoms with van der Waals surface area (Å²) < 4.78 is 6.88. The highest BCUT2D eigenvalue weighted by Crippen LogP contribution is 2.40. The van der Waals surface area contributed by atoms with Crippen LogP contribution in [0.2, 0.25) is 0 Å². The summed E-state index contributed by atoms with van der Waals surface area (Å²) >= 11 is 6.85. The highest BCUT2D eigenvalue weighted by molar-refractivity contribution is 9.10. The van der Waals surface area contributed by atoms with Gasteiger partial charge in [-0.15, -0.1) is 0 Å². The fraction of sp³-hybridized carbons (Fsp3) is 0.130. The van der Waals surface area contributed by atoms with Crippen LogP contribution < -0.4 is 4.74 Å². The predicted octanol–water partition coefficient (Wildman–Crippen LogP) is 5.84. The third kappa shape index (κ3) is 4.45. The lowest BCUT2D eigenvalue weighted by Gasteiger charge is -2.13. The Morgan fingerprint density at radius 3 is 2.74 bits per heavy atom. The zero-order valence-electron chi connectivity index (χ0n) is 16.6. The number of pyridine rings is 1. The number of phenolic OH excluding ortho intramolecular Hbond substituents is 1. The highest BCUT2D eigenvalue weighted by Gasteiger charge is 2.14. The van der Waals surface area contributed by atoms with E-state index in [0.717, 1.165) is 21.0 Å². The molecule has 0 unspecified atom stereocenters. The van der Waals surface area contributed by atoms with Gasteiger partial charge in [-0.25, -0.2) is 4.98 Å². The quantitative estimate of drug-likeness (QED) is 0.266. The predicted molar refractivity (Wildman–Crippen MR) is 129 cm³/mol. The molecule has 2 heterocycles. The molecule has 0 aliphatic rings. The van der Waals surface area contributed by atoms with E-state index in [1.807, 2.05) is 42.5 Å². The Morgan fingerprint density at radius 2 is 1.94 bits per heavy atom. The van der Waals surface area contributed by atoms with Crippen LogP contribution in [0, 0.1) is 0 Å². The number of aliphatic imine (C=N–C) groups is 1. The van der Waals surface area contributed by atoms with Gasteiger partial charge >= 0.3 is 0 Å². The first-order chi connectivity index (χ1) is 15.0. The molecule has 0 spiro atoms. The van der Waals surface area contributed by atoms with E-state index in [2.05, 4.69) is 46.8 Å². The Morgan fingerprint density at radius 1 is 1.13 bits per heavy atom. The monoisotopic (exact) mass is 543 g/mol. The van der Waals surface area contributed by atoms with Gasteiger partial charge in [0.05, 0.1) is 17.1 Å². The average molecular weight is 545 g/mol. The lowest BCUT2D eigenvalue weighted by Crippen LogP contribution is -1.94. The molecule has 2 aromatic heterocycles. The summed E-state index contributed by atoms with van der Waals surface area (Å²) in [6.45, 7) is 0.510. The number of H-pyrrole nitrogens is 1. The van der Waals surface area contributed by atoms with Gasteiger partial charge < -0.3 is 19.9 Å². The number of hydrogen-bond acceptors (Lipinski definition) is 5. The minimum absolute atomic E-state index is 0.0372. The van der Waals surface area contributed by atoms with E-state index in [9.17, 15) is 10.2 Å². The van der Waals surface area contributed by atoms with Crippen molar-refractivity contribution >= 4 is 49.1 Å². The van der Waals surface area contributed by atoms with Crippen LogP contribution in [0.25, 0.3) is 22.2 Å². The summed E-state index contributed by atoms with van der Waals surface area (Å²) in [6, 6.07) is 13.3. The van der Waals surface area contributed by atoms with Crippen molar-refractivity contribution in [3.8, 4) is 28.5 Å². The number of aromatic amines is 1. The zero-order valence-corrected chi connectivity index (χ0v) is 19.7. The minimum Gasteiger partial charge on any atom is -0.506 e. The van der Waals surface area contributed by atoms with Gasteiger partial charge in [0.15, 0.2) is 5.88 Å². The topological polar surface area (TPSA) is 90.7 Å². The SMILES string of the molecule is COc1ccccc1-c1cc(CCN=Cc2c(O)[nH]c3ncc(Br)cc23)cc(Br)c1O. The summed E-state index contributed by atoms with van der Waals surface area (Å²) in [5, 5.41) is 21.5. The Bertz CT molecular complexity index is 1280. The van der Waals surface area contributed by atoms with Crippen molar-refractivity contribution in [1.82, 2.24) is 9.97 Å². The number of ether oxygens (including phenoxy) is 1. The number of fused-ring (bicyclic) bond motifs is 1. The minimum atomic E-state index is 0.0372. The molecule has 0 fully saturated rings. The van der Waals surface area contributed by atoms with Crippen LogP contribution >= 0.6 is 31.9 Å². The zero-order chi connectivity index (χ0) is 22.0. The molecule has 0 saturated carbocycles. The van der Waals surface area contributed by atoms with E-state index in [1.54, 1.807) is 19.5 Å². The number of hydrogen-bond donors (Lipinski definition) is 3. The van der Waals surface area contributed by atoms with Crippen LogP contribution in [-0.4, -0.2) is 40.1 Å². The fourth-order valence-electron chi connectivity index (χ4n) is 3.40. The molecule has 158 valence electrons. The Labute approximate surface area is 195 Å². The summed E-state index contributed by atoms with van der Waals surface area (Å²) in [5.74, 6) is 0.892. The molecule has 0 atom stereocenters. The molecular formula is C23H19Br2N3O3. The number of nitrogens with zero attached hydrogens (tertiary/aromatic N) is 2. The number of halogens is 2. The van der Waals surface area contributed by atoms with Crippen molar-refractivity contribution in [3.63, 3.8) is 0 Å². The van der Waals surface area contributed by atoms with E-state index in [0.29, 0.717) is 40.0 Å². The molecule has 0 radical (unpaired) electrons. The van der Waals surface area contributed by atoms with Crippen molar-refractivity contribution < 1.29 is 14.9 Å². The maximum atomic E-state index is 10.6. The molecular weight excluding hydrogens is 526 g/mol. The van der Waals surface area contributed by atoms with Gasteiger partial charge in [-0.1, -0.05) is 18.2 Å². The second kappa shape index (κ2) is 9.11. The van der Waals surface area contributed by atoms with Crippen LogP contribution in [0.5, 0.6) is 17.4 Å². The van der Waals surface area contributed by atoms with E-state index >= 15 is 0 Å². The second-order valence-electron chi connectivity index (χ2n) is 6.90. The molecule has 0 aliphatic heterocycles. The van der Waals surface area contributed by atoms with Gasteiger partial charge in [0.2, 0.25) is 0 Å². The maximum Gasteiger partial charge on any atom is 0.199 e. The molecule has 0 saturated heterocycles. The molecule has 0 bridgehead atoms. The van der Waals surface area contributed by atoms with E-state index in [-0.39, 0.29) is 11.6 Å². The third-order valence-electron chi connectivity index (χ3n) is 4.91. The Kier molecular flexibility index (Phi) is 6.29. The van der Waals surface area contributed by atoms with Crippen LogP contribution in [0.3, 0.4) is 0 Å². The van der Waals surface area contributed by atoms with Crippen molar-refractivity contribution in [1.29, 1.82) is 0 Å². The Hall–Kier alpha value is -2.84. The Balaban J connectivity index is 1.57. The van der Waals surface area contributed by atoms with Crippen LogP contribution in [0.15, 0.2) is 62.6 Å². The number of nitrogens with one attached hydrogen (secondary N) is 1. The van der Waals surface area contributed by atoms with Gasteiger partial charge in [-0.3, -0.25) is 4.99 Å². The van der Waals surface area contributed by atoms with Crippen molar-refractivity contribution in [2.24, 2.45) is 4.99 Å². The number of aromatic hydroxyl groups is 2. The molecule has 4 rings (SSSR count). The first kappa shape index (κ1) is 21.4. The van der Waals surface area contributed by atoms with Gasteiger partial charge in [-0.2, -0.15) is 0 Å². The summed E-state index contributed by atoms with van der Waals surface area (Å²) in [5.41, 5.74) is 3.72. The van der Waals surface area contributed by atoms with Crippen molar-refractivity contribution in [3.05, 3.63) is 68.7 Å². The summed E-state index contributed by atoms with van der Waals surface area (Å²) in [4.78, 5) is 11.6. The second-order valence-corrected chi connectivity index (χ2v) is 8.67. The lowest BCUT2D eigenvalue weighted by molar-refractivity contribution is 0.415. The van der Waals surface area contributed by atoms with Crippen LogP contribution in [0.1, 0.15) is 11.1 Å². The summed E-state index contributed by atoms with van der Waals surface area (Å²) in [7, 11) is 1.61. The van der Waals surface area contributed by atoms with Crippen LogP contribution in [0.4, 0.5) is 0 Å². The largest absolute Gasteiger partial charge is 0.506 e. The average Bonchev–Trinajstić information content (AvgIpc) is 3.07.